The Morgan fingerprint density at radius 3 is 0.935 bits per heavy atom. The maximum Gasteiger partial charge on any atom is 0.312 e. The molecule has 624 valence electrons. The minimum absolute atomic E-state index is 0.00870. The molecule has 0 spiro atoms. The SMILES string of the molecule is CCC(C)(C)C(=O)OC1(C)C2(C)CCC(C2)C1(C)C.CCC(C)(C)C(=O)OC1(C)CC2CCC1(C)C2(C)C.CCC(C)(C)C(=O)OC1(C)CCCCCC1.CCC(C)(C)C(=O)OC1(C)CCCCCCCCC1.CCC(C)(C)C(=O)OC1(CC)CC2CCC1C2.CCC1(OC(=O)C(C)(C)CC)CCCCCC1. The first-order valence-electron chi connectivity index (χ1n) is 44.6. The Morgan fingerprint density at radius 2 is 0.636 bits per heavy atom. The Kier molecular flexibility index (Phi) is 34.0. The van der Waals surface area contributed by atoms with Crippen molar-refractivity contribution in [2.75, 3.05) is 0 Å². The molecular weight excluding hydrogens is 1330 g/mol. The van der Waals surface area contributed by atoms with Crippen molar-refractivity contribution in [3.05, 3.63) is 0 Å². The van der Waals surface area contributed by atoms with Crippen LogP contribution in [0.3, 0.4) is 0 Å². The zero-order chi connectivity index (χ0) is 81.6. The van der Waals surface area contributed by atoms with E-state index < -0.39 is 0 Å². The summed E-state index contributed by atoms with van der Waals surface area (Å²) in [6, 6.07) is 0. The molecule has 0 amide bonds. The van der Waals surface area contributed by atoms with E-state index in [-0.39, 0.29) is 124 Å². The lowest BCUT2D eigenvalue weighted by atomic mass is 9.61. The average molecular weight is 1510 g/mol. The summed E-state index contributed by atoms with van der Waals surface area (Å²) in [5.41, 5.74) is -2.82. The summed E-state index contributed by atoms with van der Waals surface area (Å²) < 4.78 is 35.9. The first-order chi connectivity index (χ1) is 49.2. The zero-order valence-electron chi connectivity index (χ0n) is 75.8. The van der Waals surface area contributed by atoms with Gasteiger partial charge < -0.3 is 28.4 Å². The Bertz CT molecular complexity index is 2820. The maximum absolute atomic E-state index is 12.5. The summed E-state index contributed by atoms with van der Waals surface area (Å²) in [6.07, 6.45) is 44.3. The molecule has 0 aliphatic heterocycles. The second-order valence-electron chi connectivity index (χ2n) is 42.5. The largest absolute Gasteiger partial charge is 0.459 e. The number of rotatable bonds is 20. The van der Waals surface area contributed by atoms with Crippen molar-refractivity contribution >= 4 is 35.8 Å². The van der Waals surface area contributed by atoms with E-state index in [1.807, 2.05) is 96.9 Å². The van der Waals surface area contributed by atoms with Gasteiger partial charge in [0.1, 0.15) is 33.6 Å². The molecule has 6 bridgehead atoms. The summed E-state index contributed by atoms with van der Waals surface area (Å²) in [5.74, 6) is 2.74. The van der Waals surface area contributed by atoms with Crippen LogP contribution in [0.1, 0.15) is 458 Å². The molecule has 0 aromatic heterocycles. The number of esters is 6. The minimum Gasteiger partial charge on any atom is -0.459 e. The first-order valence-corrected chi connectivity index (χ1v) is 44.6. The van der Waals surface area contributed by atoms with Crippen molar-refractivity contribution in [1.82, 2.24) is 0 Å². The standard InChI is InChI=1S/2C17H30O2.C17H32O2.C15H26O2.C15H28O2.C14H26O2/c1-8-14(2,3)13(18)19-17(7)11-12-9-10-16(17,6)15(12,4)5;1-8-14(2,3)13(18)19-17(7)15(4,5)12-9-10-16(17,6)11-12;1-5-16(2,3)15(18)19-17(4)13-11-9-7-6-8-10-12-14-17;1-5-14(3,4)13(16)17-15(6-2)10-11-7-8-12(15)9-11;1-5-14(3,4)13(16)17-15(6-2)11-9-7-8-10-12-15;1-5-13(2,3)12(15)16-14(4)10-8-6-7-9-11-14/h2*12H,8-11H2,1-7H3;5-14H2,1-4H3;11-12H,5-10H2,1-4H3;5-12H2,1-4H3;5-11H2,1-4H3. The molecule has 107 heavy (non-hydrogen) atoms. The van der Waals surface area contributed by atoms with Gasteiger partial charge >= 0.3 is 35.8 Å². The lowest BCUT2D eigenvalue weighted by molar-refractivity contribution is -0.202. The molecular formula is C95H172O12. The number of carbonyl (C=O) groups is 6. The van der Waals surface area contributed by atoms with Gasteiger partial charge in [-0.3, -0.25) is 28.8 Å². The van der Waals surface area contributed by atoms with Crippen LogP contribution in [-0.2, 0) is 57.2 Å². The summed E-state index contributed by atoms with van der Waals surface area (Å²) in [6.45, 7) is 62.9. The number of hydrogen-bond acceptors (Lipinski definition) is 12. The summed E-state index contributed by atoms with van der Waals surface area (Å²) in [5, 5.41) is 0. The van der Waals surface area contributed by atoms with E-state index in [4.69, 9.17) is 28.4 Å². The number of fused-ring (bicyclic) bond motifs is 6. The molecule has 0 aromatic carbocycles. The number of carbonyl (C=O) groups excluding carboxylic acids is 6. The van der Waals surface area contributed by atoms with Crippen LogP contribution in [0.25, 0.3) is 0 Å². The maximum atomic E-state index is 12.5. The van der Waals surface area contributed by atoms with Crippen molar-refractivity contribution in [2.45, 2.75) is 492 Å². The van der Waals surface area contributed by atoms with Gasteiger partial charge in [0.15, 0.2) is 0 Å². The van der Waals surface area contributed by atoms with Crippen LogP contribution in [0.4, 0.5) is 0 Å². The van der Waals surface area contributed by atoms with Gasteiger partial charge in [-0.1, -0.05) is 155 Å². The lowest BCUT2D eigenvalue weighted by Crippen LogP contribution is -2.55. The van der Waals surface area contributed by atoms with Gasteiger partial charge in [0.05, 0.1) is 32.5 Å². The monoisotopic (exact) mass is 1510 g/mol. The van der Waals surface area contributed by atoms with E-state index in [9.17, 15) is 28.8 Å². The highest BCUT2D eigenvalue weighted by Crippen LogP contribution is 2.72. The van der Waals surface area contributed by atoms with E-state index >= 15 is 0 Å². The van der Waals surface area contributed by atoms with E-state index in [2.05, 4.69) is 111 Å². The van der Waals surface area contributed by atoms with Gasteiger partial charge in [-0.15, -0.1) is 0 Å². The third kappa shape index (κ3) is 23.1. The fraction of sp³-hybridized carbons (Fsp3) is 0.937. The third-order valence-corrected chi connectivity index (χ3v) is 32.1. The fourth-order valence-corrected chi connectivity index (χ4v) is 19.0. The van der Waals surface area contributed by atoms with Crippen LogP contribution in [0, 0.1) is 77.8 Å². The highest BCUT2D eigenvalue weighted by atomic mass is 16.6. The second-order valence-corrected chi connectivity index (χ2v) is 42.5. The molecule has 0 saturated heterocycles. The normalized spacial score (nSPS) is 30.4. The Morgan fingerprint density at radius 1 is 0.308 bits per heavy atom. The third-order valence-electron chi connectivity index (χ3n) is 32.1. The molecule has 0 heterocycles. The molecule has 9 atom stereocenters. The van der Waals surface area contributed by atoms with Crippen LogP contribution in [0.15, 0.2) is 0 Å². The molecule has 9 aliphatic carbocycles. The number of ether oxygens (including phenoxy) is 6. The second kappa shape index (κ2) is 37.8. The van der Waals surface area contributed by atoms with Crippen molar-refractivity contribution in [1.29, 1.82) is 0 Å². The van der Waals surface area contributed by atoms with Gasteiger partial charge in [0.2, 0.25) is 0 Å². The van der Waals surface area contributed by atoms with Gasteiger partial charge in [-0.2, -0.15) is 0 Å². The van der Waals surface area contributed by atoms with Crippen LogP contribution in [-0.4, -0.2) is 69.4 Å². The predicted molar refractivity (Wildman–Crippen MR) is 442 cm³/mol. The molecule has 0 aromatic rings. The molecule has 9 rings (SSSR count). The highest BCUT2D eigenvalue weighted by molar-refractivity contribution is 5.79. The zero-order valence-corrected chi connectivity index (χ0v) is 75.8. The van der Waals surface area contributed by atoms with Crippen molar-refractivity contribution in [3.8, 4) is 0 Å². The topological polar surface area (TPSA) is 158 Å². The van der Waals surface area contributed by atoms with E-state index in [1.54, 1.807) is 0 Å². The predicted octanol–water partition coefficient (Wildman–Crippen LogP) is 26.9. The quantitative estimate of drug-likeness (QED) is 0.0646. The lowest BCUT2D eigenvalue weighted by Gasteiger charge is -2.51. The van der Waals surface area contributed by atoms with Crippen molar-refractivity contribution in [3.63, 3.8) is 0 Å². The first kappa shape index (κ1) is 96.2. The Hall–Kier alpha value is -3.18. The Labute approximate surface area is 659 Å². The molecule has 9 aliphatic rings. The van der Waals surface area contributed by atoms with E-state index in [0.29, 0.717) is 17.8 Å². The van der Waals surface area contributed by atoms with Crippen LogP contribution < -0.4 is 0 Å². The minimum atomic E-state index is -0.378. The average Bonchev–Trinajstić information content (AvgIpc) is 1.53. The molecule has 0 radical (unpaired) electrons. The fourth-order valence-electron chi connectivity index (χ4n) is 19.0. The van der Waals surface area contributed by atoms with E-state index in [1.165, 1.54) is 148 Å². The van der Waals surface area contributed by atoms with Crippen LogP contribution in [0.5, 0.6) is 0 Å². The van der Waals surface area contributed by atoms with Gasteiger partial charge in [-0.25, -0.2) is 0 Å². The molecule has 9 fully saturated rings. The van der Waals surface area contributed by atoms with Crippen LogP contribution in [0.2, 0.25) is 0 Å². The molecule has 0 N–H and O–H groups in total. The van der Waals surface area contributed by atoms with E-state index in [0.717, 1.165) is 109 Å². The Balaban J connectivity index is 0.000000272. The summed E-state index contributed by atoms with van der Waals surface area (Å²) >= 11 is 0. The molecule has 12 heteroatoms. The summed E-state index contributed by atoms with van der Waals surface area (Å²) in [4.78, 5) is 73.9. The van der Waals surface area contributed by atoms with Gasteiger partial charge in [0, 0.05) is 16.2 Å². The van der Waals surface area contributed by atoms with Gasteiger partial charge in [-0.05, 0) is 332 Å². The van der Waals surface area contributed by atoms with Crippen LogP contribution >= 0.6 is 0 Å². The smallest absolute Gasteiger partial charge is 0.312 e. The highest BCUT2D eigenvalue weighted by Gasteiger charge is 2.70. The van der Waals surface area contributed by atoms with Gasteiger partial charge in [0.25, 0.3) is 0 Å². The summed E-state index contributed by atoms with van der Waals surface area (Å²) in [7, 11) is 0. The number of hydrogen-bond donors (Lipinski definition) is 0. The van der Waals surface area contributed by atoms with Crippen molar-refractivity contribution in [2.24, 2.45) is 77.8 Å². The molecule has 9 unspecified atom stereocenters. The molecule has 12 nitrogen and oxygen atoms in total. The van der Waals surface area contributed by atoms with Crippen molar-refractivity contribution < 1.29 is 57.2 Å². The molecule has 9 saturated carbocycles.